The number of carboxylic acids is 1. The summed E-state index contributed by atoms with van der Waals surface area (Å²) >= 11 is 0. The van der Waals surface area contributed by atoms with Crippen molar-refractivity contribution in [2.24, 2.45) is 0 Å². The monoisotopic (exact) mass is 300 g/mol. The number of ether oxygens (including phenoxy) is 2. The van der Waals surface area contributed by atoms with Crippen molar-refractivity contribution >= 4 is 11.9 Å². The minimum absolute atomic E-state index is 0.116. The van der Waals surface area contributed by atoms with Crippen LogP contribution in [0.15, 0.2) is 10.6 Å². The van der Waals surface area contributed by atoms with Crippen molar-refractivity contribution in [1.29, 1.82) is 0 Å². The molecule has 1 rings (SSSR count). The van der Waals surface area contributed by atoms with Crippen LogP contribution in [-0.2, 0) is 9.53 Å². The first-order chi connectivity index (χ1) is 9.73. The molecule has 0 radical (unpaired) electrons. The first kappa shape index (κ1) is 17.0. The van der Waals surface area contributed by atoms with Crippen LogP contribution >= 0.6 is 0 Å². The standard InChI is InChI=1S/C13H20N2O6/c1-13(2,3)20-6-5-8(12(17)18)14-11(16)9-7-10(19-4)15-21-9/h7-8H,5-6H2,1-4H3,(H,14,16)(H,17,18). The van der Waals surface area contributed by atoms with Crippen molar-refractivity contribution in [1.82, 2.24) is 10.5 Å². The first-order valence-electron chi connectivity index (χ1n) is 6.41. The Morgan fingerprint density at radius 3 is 2.62 bits per heavy atom. The lowest BCUT2D eigenvalue weighted by Gasteiger charge is -2.21. The molecule has 118 valence electrons. The summed E-state index contributed by atoms with van der Waals surface area (Å²) in [6.45, 7) is 5.80. The molecule has 21 heavy (non-hydrogen) atoms. The summed E-state index contributed by atoms with van der Waals surface area (Å²) in [5.74, 6) is -1.79. The highest BCUT2D eigenvalue weighted by Crippen LogP contribution is 2.11. The Kier molecular flexibility index (Phi) is 5.71. The van der Waals surface area contributed by atoms with E-state index in [-0.39, 0.29) is 30.3 Å². The smallest absolute Gasteiger partial charge is 0.326 e. The average Bonchev–Trinajstić information content (AvgIpc) is 2.84. The highest BCUT2D eigenvalue weighted by molar-refractivity contribution is 5.94. The topological polar surface area (TPSA) is 111 Å². The number of carbonyl (C=O) groups excluding carboxylic acids is 1. The number of rotatable bonds is 7. The summed E-state index contributed by atoms with van der Waals surface area (Å²) in [4.78, 5) is 23.0. The number of nitrogens with zero attached hydrogens (tertiary/aromatic N) is 1. The third kappa shape index (κ3) is 5.82. The molecular formula is C13H20N2O6. The molecule has 1 aromatic rings. The van der Waals surface area contributed by atoms with Crippen molar-refractivity contribution in [2.45, 2.75) is 38.8 Å². The molecule has 0 aliphatic rings. The molecule has 0 aliphatic carbocycles. The van der Waals surface area contributed by atoms with Gasteiger partial charge in [0.1, 0.15) is 6.04 Å². The van der Waals surface area contributed by atoms with E-state index in [9.17, 15) is 9.59 Å². The minimum atomic E-state index is -1.15. The van der Waals surface area contributed by atoms with Crippen molar-refractivity contribution in [2.75, 3.05) is 13.7 Å². The molecule has 0 spiro atoms. The van der Waals surface area contributed by atoms with Crippen molar-refractivity contribution < 1.29 is 28.7 Å². The molecule has 0 fully saturated rings. The Hall–Kier alpha value is -2.09. The molecule has 1 unspecified atom stereocenters. The maximum atomic E-state index is 11.8. The van der Waals surface area contributed by atoms with E-state index in [1.165, 1.54) is 13.2 Å². The molecule has 1 aromatic heterocycles. The van der Waals surface area contributed by atoms with E-state index in [0.717, 1.165) is 0 Å². The molecule has 2 N–H and O–H groups in total. The van der Waals surface area contributed by atoms with E-state index < -0.39 is 17.9 Å². The van der Waals surface area contributed by atoms with Gasteiger partial charge in [0, 0.05) is 13.0 Å². The maximum absolute atomic E-state index is 11.8. The second-order valence-corrected chi connectivity index (χ2v) is 5.35. The molecule has 8 heteroatoms. The van der Waals surface area contributed by atoms with Gasteiger partial charge in [-0.1, -0.05) is 0 Å². The zero-order valence-electron chi connectivity index (χ0n) is 12.5. The molecule has 1 atom stereocenters. The van der Waals surface area contributed by atoms with Gasteiger partial charge < -0.3 is 24.4 Å². The fourth-order valence-corrected chi connectivity index (χ4v) is 1.43. The summed E-state index contributed by atoms with van der Waals surface area (Å²) in [6, 6.07) is 0.204. The third-order valence-corrected chi connectivity index (χ3v) is 2.47. The van der Waals surface area contributed by atoms with Crippen LogP contribution in [0.2, 0.25) is 0 Å². The van der Waals surface area contributed by atoms with Gasteiger partial charge in [0.2, 0.25) is 5.76 Å². The Morgan fingerprint density at radius 1 is 1.48 bits per heavy atom. The summed E-state index contributed by atoms with van der Waals surface area (Å²) in [6.07, 6.45) is 0.142. The normalized spacial score (nSPS) is 12.8. The highest BCUT2D eigenvalue weighted by atomic mass is 16.5. The van der Waals surface area contributed by atoms with Crippen LogP contribution < -0.4 is 10.1 Å². The average molecular weight is 300 g/mol. The van der Waals surface area contributed by atoms with Gasteiger partial charge >= 0.3 is 5.97 Å². The molecule has 8 nitrogen and oxygen atoms in total. The van der Waals surface area contributed by atoms with Gasteiger partial charge in [-0.15, -0.1) is 0 Å². The van der Waals surface area contributed by atoms with Gasteiger partial charge in [-0.25, -0.2) is 4.79 Å². The van der Waals surface area contributed by atoms with Gasteiger partial charge in [0.15, 0.2) is 0 Å². The summed E-state index contributed by atoms with van der Waals surface area (Å²) in [7, 11) is 1.38. The highest BCUT2D eigenvalue weighted by Gasteiger charge is 2.24. The molecule has 0 aliphatic heterocycles. The fourth-order valence-electron chi connectivity index (χ4n) is 1.43. The van der Waals surface area contributed by atoms with Crippen LogP contribution in [0.4, 0.5) is 0 Å². The molecule has 0 saturated carbocycles. The molecule has 1 amide bonds. The second-order valence-electron chi connectivity index (χ2n) is 5.35. The number of amides is 1. The van der Waals surface area contributed by atoms with E-state index in [4.69, 9.17) is 19.1 Å². The zero-order chi connectivity index (χ0) is 16.0. The van der Waals surface area contributed by atoms with Gasteiger partial charge in [-0.3, -0.25) is 4.79 Å². The number of hydrogen-bond donors (Lipinski definition) is 2. The SMILES string of the molecule is COc1cc(C(=O)NC(CCOC(C)(C)C)C(=O)O)on1. The van der Waals surface area contributed by atoms with Crippen molar-refractivity contribution in [3.63, 3.8) is 0 Å². The quantitative estimate of drug-likeness (QED) is 0.774. The Bertz CT molecular complexity index is 491. The largest absolute Gasteiger partial charge is 0.480 e. The molecule has 0 saturated heterocycles. The molecular weight excluding hydrogens is 280 g/mol. The van der Waals surface area contributed by atoms with E-state index in [0.29, 0.717) is 0 Å². The number of methoxy groups -OCH3 is 1. The number of aliphatic carboxylic acids is 1. The third-order valence-electron chi connectivity index (χ3n) is 2.47. The number of carboxylic acid groups (broad SMARTS) is 1. The van der Waals surface area contributed by atoms with Crippen LogP contribution in [0.3, 0.4) is 0 Å². The van der Waals surface area contributed by atoms with Crippen molar-refractivity contribution in [3.05, 3.63) is 11.8 Å². The fraction of sp³-hybridized carbons (Fsp3) is 0.615. The van der Waals surface area contributed by atoms with E-state index in [2.05, 4.69) is 10.5 Å². The van der Waals surface area contributed by atoms with E-state index in [1.807, 2.05) is 20.8 Å². The van der Waals surface area contributed by atoms with Crippen LogP contribution in [-0.4, -0.2) is 47.5 Å². The predicted molar refractivity (Wildman–Crippen MR) is 72.3 cm³/mol. The van der Waals surface area contributed by atoms with Gasteiger partial charge in [-0.2, -0.15) is 0 Å². The second kappa shape index (κ2) is 7.07. The first-order valence-corrected chi connectivity index (χ1v) is 6.41. The number of carbonyl (C=O) groups is 2. The van der Waals surface area contributed by atoms with Gasteiger partial charge in [0.25, 0.3) is 11.8 Å². The van der Waals surface area contributed by atoms with Crippen LogP contribution in [0.1, 0.15) is 37.7 Å². The lowest BCUT2D eigenvalue weighted by molar-refractivity contribution is -0.140. The van der Waals surface area contributed by atoms with Crippen molar-refractivity contribution in [3.8, 4) is 5.88 Å². The lowest BCUT2D eigenvalue weighted by atomic mass is 10.1. The molecule has 1 heterocycles. The van der Waals surface area contributed by atoms with Crippen LogP contribution in [0.25, 0.3) is 0 Å². The van der Waals surface area contributed by atoms with Crippen LogP contribution in [0.5, 0.6) is 5.88 Å². The number of hydrogen-bond acceptors (Lipinski definition) is 6. The van der Waals surface area contributed by atoms with E-state index >= 15 is 0 Å². The number of nitrogens with one attached hydrogen (secondary N) is 1. The molecule has 0 bridgehead atoms. The Morgan fingerprint density at radius 2 is 2.14 bits per heavy atom. The predicted octanol–water partition coefficient (Wildman–Crippen LogP) is 1.07. The lowest BCUT2D eigenvalue weighted by Crippen LogP contribution is -2.41. The zero-order valence-corrected chi connectivity index (χ0v) is 12.5. The molecule has 0 aromatic carbocycles. The minimum Gasteiger partial charge on any atom is -0.480 e. The summed E-state index contributed by atoms with van der Waals surface area (Å²) in [5.41, 5.74) is -0.370. The summed E-state index contributed by atoms with van der Waals surface area (Å²) < 4.78 is 15.0. The Balaban J connectivity index is 2.57. The maximum Gasteiger partial charge on any atom is 0.326 e. The van der Waals surface area contributed by atoms with E-state index in [1.54, 1.807) is 0 Å². The van der Waals surface area contributed by atoms with Crippen LogP contribution in [0, 0.1) is 0 Å². The summed E-state index contributed by atoms with van der Waals surface area (Å²) in [5, 5.41) is 14.9. The Labute approximate surface area is 122 Å². The van der Waals surface area contributed by atoms with Gasteiger partial charge in [-0.05, 0) is 25.9 Å². The van der Waals surface area contributed by atoms with Gasteiger partial charge in [0.05, 0.1) is 18.8 Å². The number of aromatic nitrogens is 1.